The highest BCUT2D eigenvalue weighted by atomic mass is 35.5. The van der Waals surface area contributed by atoms with Crippen LogP contribution in [0.2, 0.25) is 5.15 Å². The quantitative estimate of drug-likeness (QED) is 0.592. The number of hydrogen-bond donors (Lipinski definition) is 0. The molecule has 1 aromatic rings. The molecule has 1 heterocycles. The maximum atomic E-state index is 5.70. The van der Waals surface area contributed by atoms with Gasteiger partial charge in [-0.25, -0.2) is 0 Å². The lowest BCUT2D eigenvalue weighted by Gasteiger charge is -2.12. The first-order valence-electron chi connectivity index (χ1n) is 3.87. The summed E-state index contributed by atoms with van der Waals surface area (Å²) in [6, 6.07) is 1.93. The fraction of sp³-hybridized carbons (Fsp3) is 0.500. The van der Waals surface area contributed by atoms with Gasteiger partial charge in [0.25, 0.3) is 0 Å². The summed E-state index contributed by atoms with van der Waals surface area (Å²) in [5.41, 5.74) is 2.43. The minimum atomic E-state index is 0.519. The zero-order valence-electron chi connectivity index (χ0n) is 6.18. The van der Waals surface area contributed by atoms with Crippen molar-refractivity contribution in [2.75, 3.05) is 0 Å². The molecule has 11 heavy (non-hydrogen) atoms. The molecule has 0 N–H and O–H groups in total. The minimum Gasteiger partial charge on any atom is -0.154 e. The molecule has 1 aromatic heterocycles. The third kappa shape index (κ3) is 1.36. The van der Waals surface area contributed by atoms with E-state index in [9.17, 15) is 0 Å². The number of rotatable bonds is 0. The molecule has 0 atom stereocenters. The van der Waals surface area contributed by atoms with Crippen LogP contribution in [0.15, 0.2) is 6.07 Å². The van der Waals surface area contributed by atoms with E-state index < -0.39 is 0 Å². The van der Waals surface area contributed by atoms with Gasteiger partial charge < -0.3 is 0 Å². The predicted octanol–water partition coefficient (Wildman–Crippen LogP) is 2.01. The number of hydrogen-bond acceptors (Lipinski definition) is 2. The average molecular weight is 169 g/mol. The molecule has 0 aliphatic heterocycles. The number of aryl methyl sites for hydroxylation is 2. The van der Waals surface area contributed by atoms with Gasteiger partial charge in [-0.2, -0.15) is 5.10 Å². The number of halogens is 1. The molecule has 1 aliphatic carbocycles. The zero-order valence-corrected chi connectivity index (χ0v) is 6.93. The molecule has 2 nitrogen and oxygen atoms in total. The van der Waals surface area contributed by atoms with Crippen LogP contribution < -0.4 is 0 Å². The summed E-state index contributed by atoms with van der Waals surface area (Å²) in [5.74, 6) is 0. The maximum Gasteiger partial charge on any atom is 0.152 e. The Hall–Kier alpha value is -0.630. The van der Waals surface area contributed by atoms with Crippen molar-refractivity contribution in [3.05, 3.63) is 22.5 Å². The zero-order chi connectivity index (χ0) is 7.68. The summed E-state index contributed by atoms with van der Waals surface area (Å²) < 4.78 is 0. The number of aromatic nitrogens is 2. The van der Waals surface area contributed by atoms with Gasteiger partial charge in [0, 0.05) is 0 Å². The normalized spacial score (nSPS) is 16.1. The topological polar surface area (TPSA) is 25.8 Å². The molecule has 0 fully saturated rings. The Bertz CT molecular complexity index is 273. The van der Waals surface area contributed by atoms with Crippen molar-refractivity contribution in [3.63, 3.8) is 0 Å². The van der Waals surface area contributed by atoms with E-state index in [2.05, 4.69) is 10.2 Å². The summed E-state index contributed by atoms with van der Waals surface area (Å²) >= 11 is 5.70. The molecule has 0 unspecified atom stereocenters. The summed E-state index contributed by atoms with van der Waals surface area (Å²) in [6.07, 6.45) is 4.68. The molecule has 0 saturated carbocycles. The van der Waals surface area contributed by atoms with Crippen molar-refractivity contribution in [1.82, 2.24) is 10.2 Å². The van der Waals surface area contributed by atoms with Crippen LogP contribution in [0.4, 0.5) is 0 Å². The second-order valence-electron chi connectivity index (χ2n) is 2.85. The Labute approximate surface area is 70.6 Å². The van der Waals surface area contributed by atoms with Crippen LogP contribution in [-0.4, -0.2) is 10.2 Å². The highest BCUT2D eigenvalue weighted by molar-refractivity contribution is 6.29. The molecule has 58 valence electrons. The van der Waals surface area contributed by atoms with Crippen molar-refractivity contribution >= 4 is 11.6 Å². The first kappa shape index (κ1) is 7.04. The smallest absolute Gasteiger partial charge is 0.152 e. The number of nitrogens with zero attached hydrogens (tertiary/aromatic N) is 2. The lowest BCUT2D eigenvalue weighted by molar-refractivity contribution is 0.654. The highest BCUT2D eigenvalue weighted by Crippen LogP contribution is 2.19. The predicted molar refractivity (Wildman–Crippen MR) is 43.7 cm³/mol. The van der Waals surface area contributed by atoms with Crippen molar-refractivity contribution in [2.45, 2.75) is 25.7 Å². The maximum absolute atomic E-state index is 5.70. The fourth-order valence-corrected chi connectivity index (χ4v) is 1.63. The van der Waals surface area contributed by atoms with Gasteiger partial charge in [0.05, 0.1) is 5.69 Å². The molecule has 0 spiro atoms. The van der Waals surface area contributed by atoms with Gasteiger partial charge in [-0.15, -0.1) is 5.10 Å². The molecule has 0 aromatic carbocycles. The lowest BCUT2D eigenvalue weighted by Crippen LogP contribution is -2.06. The van der Waals surface area contributed by atoms with E-state index in [1.54, 1.807) is 0 Å². The van der Waals surface area contributed by atoms with Gasteiger partial charge in [0.15, 0.2) is 5.15 Å². The van der Waals surface area contributed by atoms with E-state index in [0.717, 1.165) is 18.5 Å². The standard InChI is InChI=1S/C8H9ClN2/c9-8-5-6-3-1-2-4-7(6)10-11-8/h5H,1-4H2. The molecule has 0 saturated heterocycles. The first-order valence-corrected chi connectivity index (χ1v) is 4.25. The van der Waals surface area contributed by atoms with Crippen LogP contribution in [0.5, 0.6) is 0 Å². The van der Waals surface area contributed by atoms with E-state index >= 15 is 0 Å². The summed E-state index contributed by atoms with van der Waals surface area (Å²) in [5, 5.41) is 8.36. The molecule has 1 aliphatic rings. The molecule has 3 heteroatoms. The third-order valence-corrected chi connectivity index (χ3v) is 2.22. The number of fused-ring (bicyclic) bond motifs is 1. The second-order valence-corrected chi connectivity index (χ2v) is 3.23. The molecule has 0 radical (unpaired) electrons. The van der Waals surface area contributed by atoms with Crippen LogP contribution in [0.1, 0.15) is 24.1 Å². The average Bonchev–Trinajstić information content (AvgIpc) is 2.04. The summed E-state index contributed by atoms with van der Waals surface area (Å²) in [4.78, 5) is 0. The van der Waals surface area contributed by atoms with E-state index in [1.807, 2.05) is 6.07 Å². The van der Waals surface area contributed by atoms with E-state index in [0.29, 0.717) is 5.15 Å². The summed E-state index contributed by atoms with van der Waals surface area (Å²) in [6.45, 7) is 0. The molecule has 0 amide bonds. The van der Waals surface area contributed by atoms with Gasteiger partial charge in [0.1, 0.15) is 0 Å². The van der Waals surface area contributed by atoms with Gasteiger partial charge in [0.2, 0.25) is 0 Å². The van der Waals surface area contributed by atoms with Gasteiger partial charge in [-0.3, -0.25) is 0 Å². The van der Waals surface area contributed by atoms with E-state index in [-0.39, 0.29) is 0 Å². The van der Waals surface area contributed by atoms with Gasteiger partial charge >= 0.3 is 0 Å². The molecule has 2 rings (SSSR count). The van der Waals surface area contributed by atoms with E-state index in [1.165, 1.54) is 18.4 Å². The SMILES string of the molecule is Clc1cc2c(nn1)CCCC2. The fourth-order valence-electron chi connectivity index (χ4n) is 1.46. The Morgan fingerprint density at radius 2 is 2.00 bits per heavy atom. The molecular formula is C8H9ClN2. The van der Waals surface area contributed by atoms with Crippen molar-refractivity contribution in [2.24, 2.45) is 0 Å². The Morgan fingerprint density at radius 3 is 2.91 bits per heavy atom. The van der Waals surface area contributed by atoms with Crippen LogP contribution in [-0.2, 0) is 12.8 Å². The van der Waals surface area contributed by atoms with Crippen molar-refractivity contribution in [1.29, 1.82) is 0 Å². The summed E-state index contributed by atoms with van der Waals surface area (Å²) in [7, 11) is 0. The Balaban J connectivity index is 2.43. The van der Waals surface area contributed by atoms with Crippen LogP contribution in [0.25, 0.3) is 0 Å². The van der Waals surface area contributed by atoms with Gasteiger partial charge in [-0.1, -0.05) is 11.6 Å². The highest BCUT2D eigenvalue weighted by Gasteiger charge is 2.10. The van der Waals surface area contributed by atoms with E-state index in [4.69, 9.17) is 11.6 Å². The van der Waals surface area contributed by atoms with Crippen LogP contribution in [0, 0.1) is 0 Å². The first-order chi connectivity index (χ1) is 5.36. The van der Waals surface area contributed by atoms with Crippen molar-refractivity contribution < 1.29 is 0 Å². The van der Waals surface area contributed by atoms with Crippen LogP contribution >= 0.6 is 11.6 Å². The molecule has 0 bridgehead atoms. The largest absolute Gasteiger partial charge is 0.154 e. The van der Waals surface area contributed by atoms with Gasteiger partial charge in [-0.05, 0) is 37.3 Å². The monoisotopic (exact) mass is 168 g/mol. The lowest BCUT2D eigenvalue weighted by atomic mass is 9.97. The molecular weight excluding hydrogens is 160 g/mol. The Kier molecular flexibility index (Phi) is 1.78. The van der Waals surface area contributed by atoms with Crippen LogP contribution in [0.3, 0.4) is 0 Å². The van der Waals surface area contributed by atoms with Crippen molar-refractivity contribution in [3.8, 4) is 0 Å². The second kappa shape index (κ2) is 2.78. The Morgan fingerprint density at radius 1 is 1.18 bits per heavy atom. The third-order valence-electron chi connectivity index (χ3n) is 2.04. The minimum absolute atomic E-state index is 0.519.